The predicted molar refractivity (Wildman–Crippen MR) is 174 cm³/mol. The number of pyridine rings is 2. The minimum atomic E-state index is -0.975. The maximum atomic E-state index is 13.6. The van der Waals surface area contributed by atoms with E-state index < -0.39 is 17.1 Å². The van der Waals surface area contributed by atoms with Crippen molar-refractivity contribution in [2.45, 2.75) is 53.2 Å². The van der Waals surface area contributed by atoms with E-state index in [2.05, 4.69) is 15.3 Å². The Balaban J connectivity index is 1.22. The topological polar surface area (TPSA) is 136 Å². The summed E-state index contributed by atoms with van der Waals surface area (Å²) in [7, 11) is 0. The standard InChI is InChI=1S/C34H39N7O5/c1-6-25-30-26(11-8-12-27(30)41(38-25)19-23-10-7-9-22(2)36-23)37-31(42)28-18-35-29-17-24(13-14-40(28)29)45-21-34(33(3,4)5)20-39(32(43)44)15-16-46-34/h7-14,17-18H,6,15-16,19-21H2,1-5H3,(H,37,42)(H,43,44). The fourth-order valence-corrected chi connectivity index (χ4v) is 5.93. The second-order valence-electron chi connectivity index (χ2n) is 12.7. The van der Waals surface area contributed by atoms with Crippen LogP contribution in [0.5, 0.6) is 5.75 Å². The molecule has 0 aliphatic carbocycles. The molecular formula is C34H39N7O5. The molecule has 1 saturated heterocycles. The Hall–Kier alpha value is -4.97. The lowest BCUT2D eigenvalue weighted by Crippen LogP contribution is -2.62. The first-order chi connectivity index (χ1) is 22.0. The van der Waals surface area contributed by atoms with Crippen LogP contribution in [0.3, 0.4) is 0 Å². The molecular weight excluding hydrogens is 586 g/mol. The number of rotatable bonds is 8. The number of nitrogens with one attached hydrogen (secondary N) is 1. The molecule has 12 heteroatoms. The van der Waals surface area contributed by atoms with Gasteiger partial charge >= 0.3 is 6.09 Å². The van der Waals surface area contributed by atoms with Crippen molar-refractivity contribution in [1.29, 1.82) is 0 Å². The largest absolute Gasteiger partial charge is 0.490 e. The van der Waals surface area contributed by atoms with Crippen LogP contribution in [0.2, 0.25) is 0 Å². The summed E-state index contributed by atoms with van der Waals surface area (Å²) in [4.78, 5) is 35.8. The number of aryl methyl sites for hydroxylation is 2. The minimum absolute atomic E-state index is 0.155. The number of aromatic nitrogens is 5. The summed E-state index contributed by atoms with van der Waals surface area (Å²) < 4.78 is 16.0. The molecule has 1 unspecified atom stereocenters. The van der Waals surface area contributed by atoms with E-state index in [1.807, 2.05) is 75.7 Å². The van der Waals surface area contributed by atoms with Crippen LogP contribution >= 0.6 is 0 Å². The third-order valence-corrected chi connectivity index (χ3v) is 8.70. The fourth-order valence-electron chi connectivity index (χ4n) is 5.93. The van der Waals surface area contributed by atoms with Gasteiger partial charge in [-0.05, 0) is 49.1 Å². The Morgan fingerprint density at radius 3 is 2.70 bits per heavy atom. The molecule has 1 fully saturated rings. The van der Waals surface area contributed by atoms with E-state index in [9.17, 15) is 14.7 Å². The SMILES string of the molecule is CCc1nn(Cc2cccc(C)n2)c2cccc(NC(=O)c3cnc4cc(OCC5(C(C)(C)C)CN(C(=O)O)CCO5)ccn34)c12. The number of ether oxygens (including phenoxy) is 2. The minimum Gasteiger partial charge on any atom is -0.490 e. The number of morpholine rings is 1. The van der Waals surface area contributed by atoms with Crippen molar-refractivity contribution in [3.8, 4) is 5.75 Å². The summed E-state index contributed by atoms with van der Waals surface area (Å²) >= 11 is 0. The number of fused-ring (bicyclic) bond motifs is 2. The average Bonchev–Trinajstić information content (AvgIpc) is 3.61. The van der Waals surface area contributed by atoms with Crippen molar-refractivity contribution in [3.63, 3.8) is 0 Å². The van der Waals surface area contributed by atoms with E-state index >= 15 is 0 Å². The molecule has 5 heterocycles. The Labute approximate surface area is 267 Å². The van der Waals surface area contributed by atoms with Crippen LogP contribution < -0.4 is 10.1 Å². The number of anilines is 1. The van der Waals surface area contributed by atoms with Gasteiger partial charge in [0.2, 0.25) is 0 Å². The average molecular weight is 626 g/mol. The number of nitrogens with zero attached hydrogens (tertiary/aromatic N) is 6. The molecule has 0 spiro atoms. The number of carbonyl (C=O) groups is 2. The molecule has 0 saturated carbocycles. The van der Waals surface area contributed by atoms with Crippen LogP contribution in [0, 0.1) is 12.3 Å². The van der Waals surface area contributed by atoms with Gasteiger partial charge in [0.25, 0.3) is 5.91 Å². The van der Waals surface area contributed by atoms with Crippen LogP contribution in [-0.4, -0.2) is 78.1 Å². The molecule has 1 atom stereocenters. The van der Waals surface area contributed by atoms with Gasteiger partial charge in [-0.15, -0.1) is 0 Å². The van der Waals surface area contributed by atoms with E-state index in [0.29, 0.717) is 48.9 Å². The van der Waals surface area contributed by atoms with Gasteiger partial charge in [0.05, 0.1) is 48.5 Å². The van der Waals surface area contributed by atoms with Crippen LogP contribution in [0.25, 0.3) is 16.6 Å². The van der Waals surface area contributed by atoms with E-state index in [1.54, 1.807) is 22.7 Å². The van der Waals surface area contributed by atoms with Crippen molar-refractivity contribution in [1.82, 2.24) is 29.0 Å². The van der Waals surface area contributed by atoms with Crippen LogP contribution in [0.1, 0.15) is 55.3 Å². The van der Waals surface area contributed by atoms with Gasteiger partial charge in [-0.25, -0.2) is 9.78 Å². The first-order valence-corrected chi connectivity index (χ1v) is 15.4. The van der Waals surface area contributed by atoms with Crippen LogP contribution in [0.15, 0.2) is 60.9 Å². The Bertz CT molecular complexity index is 1920. The van der Waals surface area contributed by atoms with Gasteiger partial charge in [0, 0.05) is 29.9 Å². The number of hydrogen-bond donors (Lipinski definition) is 2. The summed E-state index contributed by atoms with van der Waals surface area (Å²) in [6.07, 6.45) is 3.00. The number of amides is 2. The lowest BCUT2D eigenvalue weighted by molar-refractivity contribution is -0.175. The monoisotopic (exact) mass is 625 g/mol. The van der Waals surface area contributed by atoms with Gasteiger partial charge in [-0.2, -0.15) is 5.10 Å². The molecule has 2 N–H and O–H groups in total. The molecule has 4 aromatic heterocycles. The highest BCUT2D eigenvalue weighted by molar-refractivity contribution is 6.08. The van der Waals surface area contributed by atoms with Gasteiger partial charge in [0.15, 0.2) is 0 Å². The maximum Gasteiger partial charge on any atom is 0.407 e. The zero-order valence-corrected chi connectivity index (χ0v) is 26.8. The highest BCUT2D eigenvalue weighted by atomic mass is 16.5. The molecule has 5 aromatic rings. The molecule has 1 aliphatic heterocycles. The number of carboxylic acid groups (broad SMARTS) is 1. The van der Waals surface area contributed by atoms with E-state index in [0.717, 1.165) is 28.0 Å². The first-order valence-electron chi connectivity index (χ1n) is 15.4. The van der Waals surface area contributed by atoms with Crippen molar-refractivity contribution in [2.24, 2.45) is 5.41 Å². The summed E-state index contributed by atoms with van der Waals surface area (Å²) in [5, 5.41) is 18.4. The fraction of sp³-hybridized carbons (Fsp3) is 0.382. The number of carbonyl (C=O) groups excluding carboxylic acids is 1. The van der Waals surface area contributed by atoms with E-state index in [-0.39, 0.29) is 19.1 Å². The highest BCUT2D eigenvalue weighted by Crippen LogP contribution is 2.37. The van der Waals surface area contributed by atoms with Gasteiger partial charge in [-0.3, -0.25) is 18.9 Å². The Morgan fingerprint density at radius 1 is 1.15 bits per heavy atom. The van der Waals surface area contributed by atoms with Crippen LogP contribution in [0.4, 0.5) is 10.5 Å². The molecule has 1 aromatic carbocycles. The molecule has 12 nitrogen and oxygen atoms in total. The molecule has 1 aliphatic rings. The maximum absolute atomic E-state index is 13.6. The summed E-state index contributed by atoms with van der Waals surface area (Å²) in [5.74, 6) is 0.234. The van der Waals surface area contributed by atoms with Gasteiger partial charge in [-0.1, -0.05) is 39.8 Å². The molecule has 0 bridgehead atoms. The second-order valence-corrected chi connectivity index (χ2v) is 12.7. The summed E-state index contributed by atoms with van der Waals surface area (Å²) in [5.41, 5.74) is 4.02. The lowest BCUT2D eigenvalue weighted by atomic mass is 9.75. The summed E-state index contributed by atoms with van der Waals surface area (Å²) in [6, 6.07) is 15.3. The Morgan fingerprint density at radius 2 is 1.96 bits per heavy atom. The molecule has 0 radical (unpaired) electrons. The zero-order chi connectivity index (χ0) is 32.6. The smallest absolute Gasteiger partial charge is 0.407 e. The number of benzene rings is 1. The molecule has 6 rings (SSSR count). The van der Waals surface area contributed by atoms with Gasteiger partial charge in [0.1, 0.15) is 29.3 Å². The normalized spacial score (nSPS) is 17.0. The van der Waals surface area contributed by atoms with E-state index in [1.165, 1.54) is 11.1 Å². The zero-order valence-electron chi connectivity index (χ0n) is 26.8. The Kier molecular flexibility index (Phi) is 8.15. The molecule has 2 amide bonds. The number of imidazole rings is 1. The van der Waals surface area contributed by atoms with Crippen molar-refractivity contribution in [3.05, 3.63) is 83.7 Å². The van der Waals surface area contributed by atoms with Gasteiger partial charge < -0.3 is 24.8 Å². The quantitative estimate of drug-likeness (QED) is 0.233. The predicted octanol–water partition coefficient (Wildman–Crippen LogP) is 5.42. The van der Waals surface area contributed by atoms with Crippen LogP contribution in [-0.2, 0) is 17.7 Å². The van der Waals surface area contributed by atoms with Crippen molar-refractivity contribution in [2.75, 3.05) is 31.6 Å². The van der Waals surface area contributed by atoms with E-state index in [4.69, 9.17) is 14.6 Å². The van der Waals surface area contributed by atoms with Crippen molar-refractivity contribution < 1.29 is 24.2 Å². The summed E-state index contributed by atoms with van der Waals surface area (Å²) in [6.45, 7) is 11.6. The third-order valence-electron chi connectivity index (χ3n) is 8.70. The van der Waals surface area contributed by atoms with Crippen molar-refractivity contribution >= 4 is 34.2 Å². The third kappa shape index (κ3) is 5.87. The highest BCUT2D eigenvalue weighted by Gasteiger charge is 2.48. The second kappa shape index (κ2) is 12.1. The number of hydrogen-bond acceptors (Lipinski definition) is 7. The molecule has 240 valence electrons. The molecule has 46 heavy (non-hydrogen) atoms. The lowest BCUT2D eigenvalue weighted by Gasteiger charge is -2.49. The first kappa shape index (κ1) is 31.0.